The van der Waals surface area contributed by atoms with Crippen LogP contribution in [0.2, 0.25) is 0 Å². The summed E-state index contributed by atoms with van der Waals surface area (Å²) in [5.41, 5.74) is 2.46. The molecule has 4 aromatic rings. The van der Waals surface area contributed by atoms with Crippen molar-refractivity contribution >= 4 is 33.1 Å². The molecule has 0 aliphatic rings. The lowest BCUT2D eigenvalue weighted by Gasteiger charge is -2.16. The summed E-state index contributed by atoms with van der Waals surface area (Å²) in [7, 11) is 1.48. The lowest BCUT2D eigenvalue weighted by atomic mass is 10.1. The maximum atomic E-state index is 13.4. The standard InChI is InChI=1S/C24H23N3O4S/c1-4-16-9-7-8-15(2)21(16)25-20(28)14-26-18-12-13-32-22(18)23(29)27(24(26)30)17-10-5-6-11-19(17)31-3/h5-13H,4,14H2,1-3H3,(H,25,28). The first-order chi connectivity index (χ1) is 15.5. The maximum absolute atomic E-state index is 13.4. The minimum absolute atomic E-state index is 0.223. The van der Waals surface area contributed by atoms with Crippen LogP contribution in [-0.4, -0.2) is 22.2 Å². The molecule has 0 radical (unpaired) electrons. The fourth-order valence-electron chi connectivity index (χ4n) is 3.79. The molecule has 2 heterocycles. The van der Waals surface area contributed by atoms with Crippen LogP contribution in [0.3, 0.4) is 0 Å². The number of hydrogen-bond donors (Lipinski definition) is 1. The van der Waals surface area contributed by atoms with Crippen LogP contribution in [0.5, 0.6) is 5.75 Å². The Bertz CT molecular complexity index is 1430. The first-order valence-corrected chi connectivity index (χ1v) is 11.1. The van der Waals surface area contributed by atoms with Gasteiger partial charge in [-0.2, -0.15) is 0 Å². The lowest BCUT2D eigenvalue weighted by Crippen LogP contribution is -2.40. The van der Waals surface area contributed by atoms with E-state index in [0.29, 0.717) is 21.7 Å². The molecule has 0 bridgehead atoms. The number of aryl methyl sites for hydroxylation is 2. The average Bonchev–Trinajstić information content (AvgIpc) is 3.28. The fraction of sp³-hybridized carbons (Fsp3) is 0.208. The Morgan fingerprint density at radius 1 is 1.09 bits per heavy atom. The number of nitrogens with one attached hydrogen (secondary N) is 1. The molecule has 0 aliphatic heterocycles. The van der Waals surface area contributed by atoms with Crippen LogP contribution >= 0.6 is 11.3 Å². The predicted octanol–water partition coefficient (Wildman–Crippen LogP) is 3.73. The van der Waals surface area contributed by atoms with E-state index in [1.807, 2.05) is 32.0 Å². The number of nitrogens with zero attached hydrogens (tertiary/aromatic N) is 2. The van der Waals surface area contributed by atoms with Crippen LogP contribution in [0.15, 0.2) is 63.5 Å². The van der Waals surface area contributed by atoms with E-state index in [1.165, 1.54) is 23.0 Å². The number of benzene rings is 2. The number of hydrogen-bond acceptors (Lipinski definition) is 5. The van der Waals surface area contributed by atoms with E-state index in [-0.39, 0.29) is 12.5 Å². The molecule has 1 N–H and O–H groups in total. The van der Waals surface area contributed by atoms with Gasteiger partial charge in [0.05, 0.1) is 18.3 Å². The van der Waals surface area contributed by atoms with E-state index in [0.717, 1.165) is 27.8 Å². The van der Waals surface area contributed by atoms with Crippen molar-refractivity contribution in [2.75, 3.05) is 12.4 Å². The summed E-state index contributed by atoms with van der Waals surface area (Å²) in [6, 6.07) is 14.3. The Morgan fingerprint density at radius 3 is 2.62 bits per heavy atom. The number of amides is 1. The monoisotopic (exact) mass is 449 g/mol. The van der Waals surface area contributed by atoms with Crippen molar-refractivity contribution in [2.24, 2.45) is 0 Å². The molecule has 4 rings (SSSR count). The Balaban J connectivity index is 1.82. The van der Waals surface area contributed by atoms with Crippen molar-refractivity contribution in [3.63, 3.8) is 0 Å². The molecule has 32 heavy (non-hydrogen) atoms. The van der Waals surface area contributed by atoms with Gasteiger partial charge in [-0.05, 0) is 48.1 Å². The van der Waals surface area contributed by atoms with Crippen molar-refractivity contribution in [2.45, 2.75) is 26.8 Å². The summed E-state index contributed by atoms with van der Waals surface area (Å²) < 4.78 is 8.15. The van der Waals surface area contributed by atoms with Crippen molar-refractivity contribution in [3.05, 3.63) is 85.9 Å². The van der Waals surface area contributed by atoms with E-state index in [2.05, 4.69) is 5.32 Å². The molecule has 0 spiro atoms. The van der Waals surface area contributed by atoms with Gasteiger partial charge in [0.15, 0.2) is 0 Å². The van der Waals surface area contributed by atoms with E-state index >= 15 is 0 Å². The van der Waals surface area contributed by atoms with Gasteiger partial charge >= 0.3 is 5.69 Å². The SMILES string of the molecule is CCc1cccc(C)c1NC(=O)Cn1c(=O)n(-c2ccccc2OC)c(=O)c2sccc21. The molecule has 0 saturated heterocycles. The molecule has 2 aromatic carbocycles. The van der Waals surface area contributed by atoms with Gasteiger partial charge < -0.3 is 10.1 Å². The summed E-state index contributed by atoms with van der Waals surface area (Å²) in [5, 5.41) is 4.69. The molecule has 8 heteroatoms. The molecule has 2 aromatic heterocycles. The van der Waals surface area contributed by atoms with E-state index < -0.39 is 11.2 Å². The van der Waals surface area contributed by atoms with Gasteiger partial charge in [0, 0.05) is 5.69 Å². The second-order valence-electron chi connectivity index (χ2n) is 7.33. The molecule has 0 unspecified atom stereocenters. The zero-order valence-corrected chi connectivity index (χ0v) is 18.9. The van der Waals surface area contributed by atoms with Gasteiger partial charge in [-0.3, -0.25) is 14.2 Å². The third-order valence-electron chi connectivity index (χ3n) is 5.39. The highest BCUT2D eigenvalue weighted by Crippen LogP contribution is 2.23. The molecule has 0 atom stereocenters. The fourth-order valence-corrected chi connectivity index (χ4v) is 4.62. The molecule has 0 saturated carbocycles. The summed E-state index contributed by atoms with van der Waals surface area (Å²) in [5.74, 6) is 0.0555. The molecular weight excluding hydrogens is 426 g/mol. The largest absolute Gasteiger partial charge is 0.495 e. The normalized spacial score (nSPS) is 11.0. The number of anilines is 1. The lowest BCUT2D eigenvalue weighted by molar-refractivity contribution is -0.116. The number of methoxy groups -OCH3 is 1. The topological polar surface area (TPSA) is 82.3 Å². The van der Waals surface area contributed by atoms with Gasteiger partial charge in [-0.1, -0.05) is 37.3 Å². The highest BCUT2D eigenvalue weighted by atomic mass is 32.1. The Morgan fingerprint density at radius 2 is 1.88 bits per heavy atom. The molecule has 7 nitrogen and oxygen atoms in total. The zero-order chi connectivity index (χ0) is 22.8. The van der Waals surface area contributed by atoms with Crippen LogP contribution in [0.25, 0.3) is 15.9 Å². The smallest absolute Gasteiger partial charge is 0.336 e. The number of aromatic nitrogens is 2. The Hall–Kier alpha value is -3.65. The zero-order valence-electron chi connectivity index (χ0n) is 18.0. The summed E-state index contributed by atoms with van der Waals surface area (Å²) in [4.78, 5) is 39.6. The van der Waals surface area contributed by atoms with Gasteiger partial charge in [-0.25, -0.2) is 9.36 Å². The van der Waals surface area contributed by atoms with Crippen molar-refractivity contribution < 1.29 is 9.53 Å². The predicted molar refractivity (Wildman–Crippen MR) is 127 cm³/mol. The Kier molecular flexibility index (Phi) is 5.96. The number of fused-ring (bicyclic) bond motifs is 1. The highest BCUT2D eigenvalue weighted by molar-refractivity contribution is 7.17. The minimum Gasteiger partial charge on any atom is -0.495 e. The highest BCUT2D eigenvalue weighted by Gasteiger charge is 2.20. The number of carbonyl (C=O) groups excluding carboxylic acids is 1. The van der Waals surface area contributed by atoms with Crippen LogP contribution in [-0.2, 0) is 17.8 Å². The van der Waals surface area contributed by atoms with Crippen LogP contribution in [0.1, 0.15) is 18.1 Å². The van der Waals surface area contributed by atoms with Crippen molar-refractivity contribution in [3.8, 4) is 11.4 Å². The van der Waals surface area contributed by atoms with E-state index in [1.54, 1.807) is 35.7 Å². The van der Waals surface area contributed by atoms with Gasteiger partial charge in [0.25, 0.3) is 5.56 Å². The third kappa shape index (κ3) is 3.73. The van der Waals surface area contributed by atoms with E-state index in [4.69, 9.17) is 4.74 Å². The number of ether oxygens (including phenoxy) is 1. The van der Waals surface area contributed by atoms with Crippen LogP contribution in [0, 0.1) is 6.92 Å². The van der Waals surface area contributed by atoms with Crippen molar-refractivity contribution in [1.82, 2.24) is 9.13 Å². The first-order valence-electron chi connectivity index (χ1n) is 10.2. The molecule has 1 amide bonds. The average molecular weight is 450 g/mol. The summed E-state index contributed by atoms with van der Waals surface area (Å²) >= 11 is 1.23. The van der Waals surface area contributed by atoms with E-state index in [9.17, 15) is 14.4 Å². The van der Waals surface area contributed by atoms with Crippen LogP contribution < -0.4 is 21.3 Å². The van der Waals surface area contributed by atoms with Gasteiger partial charge in [0.2, 0.25) is 5.91 Å². The third-order valence-corrected chi connectivity index (χ3v) is 6.28. The van der Waals surface area contributed by atoms with Gasteiger partial charge in [0.1, 0.15) is 17.0 Å². The summed E-state index contributed by atoms with van der Waals surface area (Å²) in [6.45, 7) is 3.73. The number of carbonyl (C=O) groups is 1. The second kappa shape index (κ2) is 8.84. The number of thiophene rings is 1. The molecule has 0 fully saturated rings. The maximum Gasteiger partial charge on any atom is 0.336 e. The quantitative estimate of drug-likeness (QED) is 0.486. The minimum atomic E-state index is -0.596. The first kappa shape index (κ1) is 21.6. The number of para-hydroxylation sites is 3. The Labute approximate surface area is 188 Å². The number of rotatable bonds is 6. The molecular formula is C24H23N3O4S. The molecule has 0 aliphatic carbocycles. The van der Waals surface area contributed by atoms with Crippen LogP contribution in [0.4, 0.5) is 5.69 Å². The van der Waals surface area contributed by atoms with Gasteiger partial charge in [-0.15, -0.1) is 11.3 Å². The second-order valence-corrected chi connectivity index (χ2v) is 8.24. The summed E-state index contributed by atoms with van der Waals surface area (Å²) in [6.07, 6.45) is 0.769. The van der Waals surface area contributed by atoms with Crippen molar-refractivity contribution in [1.29, 1.82) is 0 Å². The molecule has 164 valence electrons.